The number of primary amides is 1. The SMILES string of the molecule is CCNC(=NCCc1ccc(OCC(N)=O)cc1)N1CC=C(c2ccccc2)CC1. The molecule has 6 nitrogen and oxygen atoms in total. The summed E-state index contributed by atoms with van der Waals surface area (Å²) in [6.45, 7) is 5.36. The van der Waals surface area contributed by atoms with E-state index in [-0.39, 0.29) is 6.61 Å². The van der Waals surface area contributed by atoms with E-state index in [4.69, 9.17) is 15.5 Å². The lowest BCUT2D eigenvalue weighted by molar-refractivity contribution is -0.119. The predicted octanol–water partition coefficient (Wildman–Crippen LogP) is 2.85. The summed E-state index contributed by atoms with van der Waals surface area (Å²) in [5, 5.41) is 3.41. The van der Waals surface area contributed by atoms with E-state index in [1.54, 1.807) is 0 Å². The molecule has 6 heteroatoms. The van der Waals surface area contributed by atoms with E-state index in [2.05, 4.69) is 53.5 Å². The largest absolute Gasteiger partial charge is 0.484 e. The van der Waals surface area contributed by atoms with Gasteiger partial charge in [0.2, 0.25) is 0 Å². The van der Waals surface area contributed by atoms with E-state index in [9.17, 15) is 4.79 Å². The summed E-state index contributed by atoms with van der Waals surface area (Å²) in [4.78, 5) is 17.9. The molecule has 1 aliphatic rings. The Labute approximate surface area is 178 Å². The zero-order valence-corrected chi connectivity index (χ0v) is 17.5. The summed E-state index contributed by atoms with van der Waals surface area (Å²) in [6, 6.07) is 18.3. The molecule has 0 aromatic heterocycles. The van der Waals surface area contributed by atoms with Gasteiger partial charge in [0.05, 0.1) is 0 Å². The third-order valence-electron chi connectivity index (χ3n) is 4.95. The van der Waals surface area contributed by atoms with Crippen LogP contribution in [-0.4, -0.2) is 49.6 Å². The summed E-state index contributed by atoms with van der Waals surface area (Å²) >= 11 is 0. The zero-order valence-electron chi connectivity index (χ0n) is 17.5. The minimum atomic E-state index is -0.479. The lowest BCUT2D eigenvalue weighted by Gasteiger charge is -2.30. The Kier molecular flexibility index (Phi) is 7.89. The first kappa shape index (κ1) is 21.4. The van der Waals surface area contributed by atoms with Crippen LogP contribution in [0.2, 0.25) is 0 Å². The molecule has 0 unspecified atom stereocenters. The molecule has 0 fully saturated rings. The Morgan fingerprint density at radius 2 is 1.93 bits per heavy atom. The van der Waals surface area contributed by atoms with Gasteiger partial charge in [0, 0.05) is 26.2 Å². The van der Waals surface area contributed by atoms with Crippen LogP contribution in [0.25, 0.3) is 5.57 Å². The molecule has 2 aromatic carbocycles. The molecule has 2 aromatic rings. The zero-order chi connectivity index (χ0) is 21.2. The van der Waals surface area contributed by atoms with Crippen molar-refractivity contribution < 1.29 is 9.53 Å². The number of ether oxygens (including phenoxy) is 1. The number of guanidine groups is 1. The average molecular weight is 407 g/mol. The summed E-state index contributed by atoms with van der Waals surface area (Å²) in [5.74, 6) is 1.12. The van der Waals surface area contributed by atoms with E-state index in [0.29, 0.717) is 12.3 Å². The number of hydrogen-bond donors (Lipinski definition) is 2. The Hall–Kier alpha value is -3.28. The summed E-state index contributed by atoms with van der Waals surface area (Å²) in [6.07, 6.45) is 4.15. The lowest BCUT2D eigenvalue weighted by atomic mass is 10.00. The van der Waals surface area contributed by atoms with Crippen LogP contribution in [0.3, 0.4) is 0 Å². The number of nitrogens with one attached hydrogen (secondary N) is 1. The molecule has 30 heavy (non-hydrogen) atoms. The van der Waals surface area contributed by atoms with E-state index < -0.39 is 5.91 Å². The molecule has 0 aliphatic carbocycles. The molecule has 0 spiro atoms. The third-order valence-corrected chi connectivity index (χ3v) is 4.95. The number of carbonyl (C=O) groups is 1. The van der Waals surface area contributed by atoms with E-state index in [0.717, 1.165) is 38.4 Å². The van der Waals surface area contributed by atoms with Crippen LogP contribution in [0, 0.1) is 0 Å². The molecule has 1 heterocycles. The Morgan fingerprint density at radius 3 is 2.57 bits per heavy atom. The van der Waals surface area contributed by atoms with E-state index in [1.807, 2.05) is 24.3 Å². The number of carbonyl (C=O) groups excluding carboxylic acids is 1. The molecule has 3 rings (SSSR count). The van der Waals surface area contributed by atoms with Crippen molar-refractivity contribution in [2.45, 2.75) is 19.8 Å². The summed E-state index contributed by atoms with van der Waals surface area (Å²) in [7, 11) is 0. The highest BCUT2D eigenvalue weighted by atomic mass is 16.5. The minimum Gasteiger partial charge on any atom is -0.484 e. The second kappa shape index (κ2) is 11.0. The monoisotopic (exact) mass is 406 g/mol. The van der Waals surface area contributed by atoms with Gasteiger partial charge in [-0.25, -0.2) is 0 Å². The van der Waals surface area contributed by atoms with Crippen LogP contribution in [0.4, 0.5) is 0 Å². The van der Waals surface area contributed by atoms with Crippen molar-refractivity contribution in [1.82, 2.24) is 10.2 Å². The Bertz CT molecular complexity index is 876. The normalized spacial score (nSPS) is 14.2. The van der Waals surface area contributed by atoms with Crippen LogP contribution < -0.4 is 15.8 Å². The first-order valence-electron chi connectivity index (χ1n) is 10.4. The number of aliphatic imine (C=N–C) groups is 1. The fourth-order valence-corrected chi connectivity index (χ4v) is 3.40. The van der Waals surface area contributed by atoms with Crippen molar-refractivity contribution >= 4 is 17.4 Å². The van der Waals surface area contributed by atoms with Gasteiger partial charge in [-0.2, -0.15) is 0 Å². The highest BCUT2D eigenvalue weighted by molar-refractivity contribution is 5.81. The second-order valence-corrected chi connectivity index (χ2v) is 7.18. The molecule has 0 saturated carbocycles. The molecule has 1 aliphatic heterocycles. The third kappa shape index (κ3) is 6.37. The quantitative estimate of drug-likeness (QED) is 0.522. The summed E-state index contributed by atoms with van der Waals surface area (Å²) < 4.78 is 5.29. The average Bonchev–Trinajstić information content (AvgIpc) is 2.79. The standard InChI is InChI=1S/C24H30N4O2/c1-2-26-24(28-16-13-21(14-17-28)20-6-4-3-5-7-20)27-15-12-19-8-10-22(11-9-19)30-18-23(25)29/h3-11,13H,2,12,14-18H2,1H3,(H2,25,29)(H,26,27). The molecule has 0 atom stereocenters. The van der Waals surface area contributed by atoms with Gasteiger partial charge in [-0.05, 0) is 48.6 Å². The molecule has 0 bridgehead atoms. The summed E-state index contributed by atoms with van der Waals surface area (Å²) in [5.41, 5.74) is 8.98. The van der Waals surface area contributed by atoms with Crippen molar-refractivity contribution in [1.29, 1.82) is 0 Å². The molecule has 0 saturated heterocycles. The van der Waals surface area contributed by atoms with Crippen molar-refractivity contribution in [3.63, 3.8) is 0 Å². The van der Waals surface area contributed by atoms with Gasteiger partial charge < -0.3 is 20.7 Å². The molecular weight excluding hydrogens is 376 g/mol. The fraction of sp³-hybridized carbons (Fsp3) is 0.333. The maximum atomic E-state index is 10.8. The molecule has 0 radical (unpaired) electrons. The molecule has 3 N–H and O–H groups in total. The molecular formula is C24H30N4O2. The number of amides is 1. The number of hydrogen-bond acceptors (Lipinski definition) is 3. The van der Waals surface area contributed by atoms with Crippen molar-refractivity contribution in [3.05, 3.63) is 71.8 Å². The van der Waals surface area contributed by atoms with Gasteiger partial charge >= 0.3 is 0 Å². The highest BCUT2D eigenvalue weighted by Gasteiger charge is 2.16. The maximum absolute atomic E-state index is 10.8. The highest BCUT2D eigenvalue weighted by Crippen LogP contribution is 2.22. The second-order valence-electron chi connectivity index (χ2n) is 7.18. The van der Waals surface area contributed by atoms with Crippen molar-refractivity contribution in [2.24, 2.45) is 10.7 Å². The van der Waals surface area contributed by atoms with Gasteiger partial charge in [-0.3, -0.25) is 9.79 Å². The minimum absolute atomic E-state index is 0.105. The van der Waals surface area contributed by atoms with Crippen LogP contribution in [0.5, 0.6) is 5.75 Å². The smallest absolute Gasteiger partial charge is 0.255 e. The number of nitrogens with two attached hydrogens (primary N) is 1. The van der Waals surface area contributed by atoms with Gasteiger partial charge in [-0.1, -0.05) is 48.5 Å². The maximum Gasteiger partial charge on any atom is 0.255 e. The first-order valence-corrected chi connectivity index (χ1v) is 10.4. The fourth-order valence-electron chi connectivity index (χ4n) is 3.40. The van der Waals surface area contributed by atoms with Crippen LogP contribution in [-0.2, 0) is 11.2 Å². The Balaban J connectivity index is 1.55. The van der Waals surface area contributed by atoms with Crippen LogP contribution >= 0.6 is 0 Å². The number of nitrogens with zero attached hydrogens (tertiary/aromatic N) is 2. The molecule has 1 amide bonds. The number of rotatable bonds is 8. The van der Waals surface area contributed by atoms with Crippen LogP contribution in [0.15, 0.2) is 65.7 Å². The lowest BCUT2D eigenvalue weighted by Crippen LogP contribution is -2.43. The van der Waals surface area contributed by atoms with E-state index >= 15 is 0 Å². The Morgan fingerprint density at radius 1 is 1.17 bits per heavy atom. The van der Waals surface area contributed by atoms with Gasteiger partial charge in [0.1, 0.15) is 5.75 Å². The molecule has 158 valence electrons. The van der Waals surface area contributed by atoms with Gasteiger partial charge in [0.15, 0.2) is 12.6 Å². The predicted molar refractivity (Wildman–Crippen MR) is 121 cm³/mol. The first-order chi connectivity index (χ1) is 14.7. The van der Waals surface area contributed by atoms with Crippen molar-refractivity contribution in [3.8, 4) is 5.75 Å². The van der Waals surface area contributed by atoms with E-state index in [1.165, 1.54) is 16.7 Å². The van der Waals surface area contributed by atoms with Gasteiger partial charge in [0.25, 0.3) is 5.91 Å². The number of benzene rings is 2. The van der Waals surface area contributed by atoms with Crippen LogP contribution in [0.1, 0.15) is 24.5 Å². The topological polar surface area (TPSA) is 80.0 Å². The van der Waals surface area contributed by atoms with Gasteiger partial charge in [-0.15, -0.1) is 0 Å². The van der Waals surface area contributed by atoms with Crippen molar-refractivity contribution in [2.75, 3.05) is 32.8 Å².